The average molecular weight is 377 g/mol. The van der Waals surface area contributed by atoms with Crippen LogP contribution in [0.2, 0.25) is 0 Å². The van der Waals surface area contributed by atoms with Crippen LogP contribution in [-0.2, 0) is 38.5 Å². The minimum absolute atomic E-state index is 1.15. The van der Waals surface area contributed by atoms with Crippen LogP contribution < -0.4 is 0 Å². The highest BCUT2D eigenvalue weighted by molar-refractivity contribution is 5.84. The van der Waals surface area contributed by atoms with Gasteiger partial charge in [0.25, 0.3) is 0 Å². The lowest BCUT2D eigenvalue weighted by atomic mass is 9.83. The van der Waals surface area contributed by atoms with E-state index in [4.69, 9.17) is 0 Å². The van der Waals surface area contributed by atoms with Gasteiger partial charge in [-0.05, 0) is 88.6 Å². The van der Waals surface area contributed by atoms with Gasteiger partial charge in [-0.3, -0.25) is 0 Å². The Morgan fingerprint density at radius 2 is 1.07 bits per heavy atom. The Morgan fingerprint density at radius 1 is 0.536 bits per heavy atom. The zero-order valence-electron chi connectivity index (χ0n) is 19.0. The number of rotatable bonds is 10. The first kappa shape index (κ1) is 21.2. The molecule has 0 spiro atoms. The number of fused-ring (bicyclic) bond motifs is 3. The van der Waals surface area contributed by atoms with Crippen LogP contribution in [0, 0.1) is 0 Å². The smallest absolute Gasteiger partial charge is 0.00131 e. The molecule has 0 radical (unpaired) electrons. The quantitative estimate of drug-likeness (QED) is 0.336. The molecule has 0 heteroatoms. The van der Waals surface area contributed by atoms with Crippen LogP contribution in [0.15, 0.2) is 18.2 Å². The van der Waals surface area contributed by atoms with Gasteiger partial charge in [-0.25, -0.2) is 0 Å². The van der Waals surface area contributed by atoms with E-state index in [1.54, 1.807) is 50.1 Å². The Hall–Kier alpha value is -1.56. The predicted octanol–water partition coefficient (Wildman–Crippen LogP) is 8.02. The zero-order valence-corrected chi connectivity index (χ0v) is 19.0. The maximum Gasteiger partial charge on any atom is -0.00131 e. The van der Waals surface area contributed by atoms with Crippen LogP contribution in [0.3, 0.4) is 0 Å². The first-order valence-electron chi connectivity index (χ1n) is 12.0. The SMILES string of the molecule is CCCc1cc2c(c(CCC)c1CCC)-c1c(ccc(CCC)c1CCC)C2. The topological polar surface area (TPSA) is 0 Å². The van der Waals surface area contributed by atoms with Crippen LogP contribution >= 0.6 is 0 Å². The van der Waals surface area contributed by atoms with Gasteiger partial charge >= 0.3 is 0 Å². The summed E-state index contributed by atoms with van der Waals surface area (Å²) in [6.07, 6.45) is 13.5. The fourth-order valence-corrected chi connectivity index (χ4v) is 5.38. The zero-order chi connectivity index (χ0) is 20.1. The lowest BCUT2D eigenvalue weighted by molar-refractivity contribution is 0.824. The molecular formula is C28H40. The molecule has 0 aromatic heterocycles. The van der Waals surface area contributed by atoms with E-state index in [2.05, 4.69) is 52.8 Å². The van der Waals surface area contributed by atoms with Gasteiger partial charge in [0, 0.05) is 0 Å². The van der Waals surface area contributed by atoms with Gasteiger partial charge in [0.05, 0.1) is 0 Å². The minimum Gasteiger partial charge on any atom is -0.0651 e. The van der Waals surface area contributed by atoms with Crippen molar-refractivity contribution in [1.29, 1.82) is 0 Å². The van der Waals surface area contributed by atoms with Crippen molar-refractivity contribution in [2.45, 2.75) is 105 Å². The maximum atomic E-state index is 2.60. The molecule has 2 aromatic rings. The summed E-state index contributed by atoms with van der Waals surface area (Å²) < 4.78 is 0. The van der Waals surface area contributed by atoms with E-state index in [-0.39, 0.29) is 0 Å². The van der Waals surface area contributed by atoms with E-state index < -0.39 is 0 Å². The molecule has 3 rings (SSSR count). The molecular weight excluding hydrogens is 336 g/mol. The maximum absolute atomic E-state index is 2.60. The molecule has 0 bridgehead atoms. The third-order valence-corrected chi connectivity index (χ3v) is 6.39. The van der Waals surface area contributed by atoms with Crippen LogP contribution in [0.5, 0.6) is 0 Å². The molecule has 0 fully saturated rings. The molecule has 0 saturated carbocycles. The van der Waals surface area contributed by atoms with Crippen molar-refractivity contribution < 1.29 is 0 Å². The molecule has 0 heterocycles. The van der Waals surface area contributed by atoms with Gasteiger partial charge in [0.15, 0.2) is 0 Å². The van der Waals surface area contributed by atoms with E-state index in [1.165, 1.54) is 64.2 Å². The first-order valence-corrected chi connectivity index (χ1v) is 12.0. The molecule has 1 aliphatic rings. The van der Waals surface area contributed by atoms with E-state index in [0.29, 0.717) is 0 Å². The normalized spacial score (nSPS) is 12.3. The van der Waals surface area contributed by atoms with E-state index in [0.717, 1.165) is 6.42 Å². The molecule has 28 heavy (non-hydrogen) atoms. The standard InChI is InChI=1S/C28H40/c1-6-11-20-16-17-22-19-23-18-21(12-7-2)24(13-8-3)26(15-10-5)28(23)27(22)25(20)14-9-4/h16-18H,6-15,19H2,1-5H3. The van der Waals surface area contributed by atoms with Gasteiger partial charge in [-0.15, -0.1) is 0 Å². The van der Waals surface area contributed by atoms with Crippen LogP contribution in [0.4, 0.5) is 0 Å². The second-order valence-corrected chi connectivity index (χ2v) is 8.69. The molecule has 0 saturated heterocycles. The van der Waals surface area contributed by atoms with Crippen molar-refractivity contribution in [2.75, 3.05) is 0 Å². The first-order chi connectivity index (χ1) is 13.7. The molecule has 0 aliphatic heterocycles. The lowest BCUT2D eigenvalue weighted by Crippen LogP contribution is -2.06. The van der Waals surface area contributed by atoms with Gasteiger partial charge in [0.2, 0.25) is 0 Å². The highest BCUT2D eigenvalue weighted by Gasteiger charge is 2.28. The second-order valence-electron chi connectivity index (χ2n) is 8.69. The molecule has 2 aromatic carbocycles. The Labute approximate surface area is 173 Å². The molecule has 0 nitrogen and oxygen atoms in total. The van der Waals surface area contributed by atoms with Crippen molar-refractivity contribution in [3.8, 4) is 11.1 Å². The summed E-state index contributed by atoms with van der Waals surface area (Å²) in [5, 5.41) is 0. The van der Waals surface area contributed by atoms with E-state index >= 15 is 0 Å². The monoisotopic (exact) mass is 376 g/mol. The molecule has 0 N–H and O–H groups in total. The summed E-state index contributed by atoms with van der Waals surface area (Å²) in [4.78, 5) is 0. The fraction of sp³-hybridized carbons (Fsp3) is 0.571. The predicted molar refractivity (Wildman–Crippen MR) is 125 cm³/mol. The van der Waals surface area contributed by atoms with E-state index in [1.807, 2.05) is 0 Å². The Bertz CT molecular complexity index is 810. The Morgan fingerprint density at radius 3 is 1.71 bits per heavy atom. The molecule has 152 valence electrons. The minimum atomic E-state index is 1.15. The van der Waals surface area contributed by atoms with Crippen molar-refractivity contribution in [2.24, 2.45) is 0 Å². The Balaban J connectivity index is 2.29. The summed E-state index contributed by atoms with van der Waals surface area (Å²) >= 11 is 0. The highest BCUT2D eigenvalue weighted by atomic mass is 14.3. The molecule has 0 atom stereocenters. The van der Waals surface area contributed by atoms with Crippen molar-refractivity contribution >= 4 is 0 Å². The number of hydrogen-bond donors (Lipinski definition) is 0. The third kappa shape index (κ3) is 3.93. The summed E-state index contributed by atoms with van der Waals surface area (Å²) in [5.74, 6) is 0. The number of aryl methyl sites for hydroxylation is 2. The number of hydrogen-bond acceptors (Lipinski definition) is 0. The summed E-state index contributed by atoms with van der Waals surface area (Å²) in [5.41, 5.74) is 14.8. The van der Waals surface area contributed by atoms with Gasteiger partial charge in [0.1, 0.15) is 0 Å². The number of benzene rings is 2. The lowest BCUT2D eigenvalue weighted by Gasteiger charge is -2.22. The summed E-state index contributed by atoms with van der Waals surface area (Å²) in [6.45, 7) is 11.7. The summed E-state index contributed by atoms with van der Waals surface area (Å²) in [7, 11) is 0. The Kier molecular flexibility index (Phi) is 7.38. The van der Waals surface area contributed by atoms with Gasteiger partial charge in [-0.2, -0.15) is 0 Å². The van der Waals surface area contributed by atoms with Crippen molar-refractivity contribution in [3.63, 3.8) is 0 Å². The fourth-order valence-electron chi connectivity index (χ4n) is 5.38. The molecule has 1 aliphatic carbocycles. The van der Waals surface area contributed by atoms with Gasteiger partial charge in [-0.1, -0.05) is 84.9 Å². The largest absolute Gasteiger partial charge is 0.0651 e. The molecule has 0 unspecified atom stereocenters. The average Bonchev–Trinajstić information content (AvgIpc) is 3.05. The molecule has 0 amide bonds. The van der Waals surface area contributed by atoms with Crippen LogP contribution in [-0.4, -0.2) is 0 Å². The van der Waals surface area contributed by atoms with Gasteiger partial charge < -0.3 is 0 Å². The third-order valence-electron chi connectivity index (χ3n) is 6.39. The summed E-state index contributed by atoms with van der Waals surface area (Å²) in [6, 6.07) is 7.49. The highest BCUT2D eigenvalue weighted by Crippen LogP contribution is 2.45. The van der Waals surface area contributed by atoms with Crippen LogP contribution in [0.1, 0.15) is 106 Å². The van der Waals surface area contributed by atoms with Crippen molar-refractivity contribution in [1.82, 2.24) is 0 Å². The van der Waals surface area contributed by atoms with Crippen molar-refractivity contribution in [3.05, 3.63) is 57.1 Å². The van der Waals surface area contributed by atoms with Crippen LogP contribution in [0.25, 0.3) is 11.1 Å². The van der Waals surface area contributed by atoms with E-state index in [9.17, 15) is 0 Å². The second kappa shape index (κ2) is 9.77.